The lowest BCUT2D eigenvalue weighted by atomic mass is 9.77. The Bertz CT molecular complexity index is 1570. The minimum atomic E-state index is -2.93. The summed E-state index contributed by atoms with van der Waals surface area (Å²) in [5, 5.41) is 13.9. The summed E-state index contributed by atoms with van der Waals surface area (Å²) in [4.78, 5) is 25.0. The van der Waals surface area contributed by atoms with Gasteiger partial charge in [0, 0.05) is 35.7 Å². The number of halogens is 2. The molecule has 5 heterocycles. The van der Waals surface area contributed by atoms with Crippen molar-refractivity contribution in [2.45, 2.75) is 102 Å². The van der Waals surface area contributed by atoms with Crippen molar-refractivity contribution in [2.24, 2.45) is 5.92 Å². The number of fused-ring (bicyclic) bond motifs is 9. The van der Waals surface area contributed by atoms with Gasteiger partial charge < -0.3 is 5.32 Å². The molecule has 2 unspecified atom stereocenters. The zero-order valence-corrected chi connectivity index (χ0v) is 24.6. The van der Waals surface area contributed by atoms with Gasteiger partial charge >= 0.3 is 0 Å². The number of benzene rings is 1. The quantitative estimate of drug-likeness (QED) is 0.357. The van der Waals surface area contributed by atoms with E-state index in [1.54, 1.807) is 28.8 Å². The number of hydrogen-bond donors (Lipinski definition) is 1. The van der Waals surface area contributed by atoms with Crippen LogP contribution in [0.4, 0.5) is 14.6 Å². The highest BCUT2D eigenvalue weighted by Gasteiger charge is 2.48. The van der Waals surface area contributed by atoms with Gasteiger partial charge in [0.1, 0.15) is 17.8 Å². The van der Waals surface area contributed by atoms with E-state index in [1.807, 2.05) is 6.07 Å². The van der Waals surface area contributed by atoms with Gasteiger partial charge in [0.25, 0.3) is 11.5 Å². The third-order valence-electron chi connectivity index (χ3n) is 9.81. The minimum absolute atomic E-state index is 0.0512. The van der Waals surface area contributed by atoms with Gasteiger partial charge in [-0.15, -0.1) is 0 Å². The molecule has 2 aromatic heterocycles. The molecule has 1 aliphatic carbocycles. The first-order valence-corrected chi connectivity index (χ1v) is 15.4. The van der Waals surface area contributed by atoms with Crippen LogP contribution < -0.4 is 10.9 Å². The van der Waals surface area contributed by atoms with E-state index < -0.39 is 17.3 Å². The summed E-state index contributed by atoms with van der Waals surface area (Å²) in [6.45, 7) is 6.61. The van der Waals surface area contributed by atoms with Crippen LogP contribution in [-0.2, 0) is 24.4 Å². The Labute approximate surface area is 246 Å². The van der Waals surface area contributed by atoms with Crippen LogP contribution in [-0.4, -0.2) is 38.1 Å². The Morgan fingerprint density at radius 1 is 1.02 bits per heavy atom. The Morgan fingerprint density at radius 3 is 2.52 bits per heavy atom. The molecule has 1 saturated heterocycles. The smallest absolute Gasteiger partial charge is 0.276 e. The highest BCUT2D eigenvalue weighted by molar-refractivity contribution is 5.87. The molecule has 0 amide bonds. The van der Waals surface area contributed by atoms with Crippen molar-refractivity contribution >= 4 is 16.9 Å². The SMILES string of the molecule is CC1(C)CC2CCN1CCCCCCCn1c(=O)c(C3(C#N)CC3)cc3c(ncnc31)NCc1cccc(c1)C2(F)F. The van der Waals surface area contributed by atoms with E-state index in [-0.39, 0.29) is 23.2 Å². The van der Waals surface area contributed by atoms with Gasteiger partial charge in [-0.2, -0.15) is 5.26 Å². The first-order chi connectivity index (χ1) is 20.1. The first-order valence-electron chi connectivity index (χ1n) is 15.4. The molecule has 222 valence electrons. The second-order valence-electron chi connectivity index (χ2n) is 13.1. The number of aromatic nitrogens is 3. The molecule has 1 saturated carbocycles. The molecule has 2 fully saturated rings. The summed E-state index contributed by atoms with van der Waals surface area (Å²) in [5.74, 6) is -3.11. The van der Waals surface area contributed by atoms with Crippen LogP contribution in [0.2, 0.25) is 0 Å². The number of aryl methyl sites for hydroxylation is 1. The second kappa shape index (κ2) is 11.0. The summed E-state index contributed by atoms with van der Waals surface area (Å²) >= 11 is 0. The third-order valence-corrected chi connectivity index (χ3v) is 9.81. The lowest BCUT2D eigenvalue weighted by molar-refractivity contribution is -0.109. The molecule has 3 aliphatic heterocycles. The minimum Gasteiger partial charge on any atom is -0.365 e. The molecule has 8 bridgehead atoms. The first kappa shape index (κ1) is 28.7. The highest BCUT2D eigenvalue weighted by atomic mass is 19.3. The standard InChI is InChI=1S/C33H40F2N6O/c1-31(2)19-25-11-16-40(31)14-6-4-3-5-7-15-41-29-26(18-27(30(41)42)32(21-36)12-13-32)28(38-22-39-29)37-20-23-9-8-10-24(17-23)33(25,34)35/h8-10,17-18,22,25H,3-7,11-16,19-20H2,1-2H3,(H,37,38,39). The number of anilines is 1. The number of nitriles is 1. The summed E-state index contributed by atoms with van der Waals surface area (Å²) < 4.78 is 33.7. The van der Waals surface area contributed by atoms with E-state index in [1.165, 1.54) is 6.33 Å². The predicted molar refractivity (Wildman–Crippen MR) is 159 cm³/mol. The van der Waals surface area contributed by atoms with Crippen molar-refractivity contribution in [1.29, 1.82) is 5.26 Å². The van der Waals surface area contributed by atoms with Gasteiger partial charge in [0.2, 0.25) is 0 Å². The molecule has 42 heavy (non-hydrogen) atoms. The Kier molecular flexibility index (Phi) is 7.55. The van der Waals surface area contributed by atoms with E-state index in [0.29, 0.717) is 61.2 Å². The van der Waals surface area contributed by atoms with Crippen LogP contribution in [0, 0.1) is 17.2 Å². The maximum atomic E-state index is 16.0. The van der Waals surface area contributed by atoms with Gasteiger partial charge in [-0.25, -0.2) is 18.7 Å². The third kappa shape index (κ3) is 5.30. The van der Waals surface area contributed by atoms with Gasteiger partial charge in [0.15, 0.2) is 0 Å². The van der Waals surface area contributed by atoms with E-state index in [4.69, 9.17) is 0 Å². The Balaban J connectivity index is 1.38. The number of hydrogen-bond acceptors (Lipinski definition) is 6. The summed E-state index contributed by atoms with van der Waals surface area (Å²) in [7, 11) is 0. The zero-order valence-electron chi connectivity index (χ0n) is 24.6. The van der Waals surface area contributed by atoms with Gasteiger partial charge in [0.05, 0.1) is 16.9 Å². The monoisotopic (exact) mass is 574 g/mol. The number of nitrogens with one attached hydrogen (secondary N) is 1. The highest BCUT2D eigenvalue weighted by Crippen LogP contribution is 2.47. The second-order valence-corrected chi connectivity index (χ2v) is 13.1. The van der Waals surface area contributed by atoms with Crippen molar-refractivity contribution in [3.8, 4) is 6.07 Å². The summed E-state index contributed by atoms with van der Waals surface area (Å²) in [6.07, 6.45) is 8.64. The molecule has 7 nitrogen and oxygen atoms in total. The molecular formula is C33H40F2N6O. The van der Waals surface area contributed by atoms with Crippen LogP contribution in [0.1, 0.15) is 88.3 Å². The van der Waals surface area contributed by atoms with Crippen molar-refractivity contribution in [3.63, 3.8) is 0 Å². The molecule has 7 rings (SSSR count). The Morgan fingerprint density at radius 2 is 1.79 bits per heavy atom. The van der Waals surface area contributed by atoms with Crippen LogP contribution in [0.25, 0.3) is 11.0 Å². The van der Waals surface area contributed by atoms with Crippen LogP contribution in [0.15, 0.2) is 41.5 Å². The number of alkyl halides is 2. The van der Waals surface area contributed by atoms with Crippen LogP contribution >= 0.6 is 0 Å². The van der Waals surface area contributed by atoms with Crippen LogP contribution in [0.5, 0.6) is 0 Å². The molecule has 0 spiro atoms. The van der Waals surface area contributed by atoms with Gasteiger partial charge in [-0.1, -0.05) is 37.5 Å². The summed E-state index contributed by atoms with van der Waals surface area (Å²) in [5.41, 5.74) is 0.628. The fraction of sp³-hybridized carbons (Fsp3) is 0.576. The van der Waals surface area contributed by atoms with E-state index in [0.717, 1.165) is 44.2 Å². The molecule has 1 N–H and O–H groups in total. The number of rotatable bonds is 1. The lowest BCUT2D eigenvalue weighted by Crippen LogP contribution is -2.52. The van der Waals surface area contributed by atoms with Gasteiger partial charge in [-0.3, -0.25) is 14.3 Å². The average Bonchev–Trinajstić information content (AvgIpc) is 3.77. The summed E-state index contributed by atoms with van der Waals surface area (Å²) in [6, 6.07) is 10.8. The van der Waals surface area contributed by atoms with E-state index in [9.17, 15) is 10.1 Å². The van der Waals surface area contributed by atoms with Crippen molar-refractivity contribution in [1.82, 2.24) is 19.4 Å². The van der Waals surface area contributed by atoms with Crippen LogP contribution in [0.3, 0.4) is 0 Å². The zero-order chi connectivity index (χ0) is 29.5. The molecule has 2 atom stereocenters. The topological polar surface area (TPSA) is 86.8 Å². The largest absolute Gasteiger partial charge is 0.365 e. The van der Waals surface area contributed by atoms with E-state index >= 15 is 8.78 Å². The van der Waals surface area contributed by atoms with E-state index in [2.05, 4.69) is 40.1 Å². The van der Waals surface area contributed by atoms with Crippen molar-refractivity contribution < 1.29 is 8.78 Å². The molecule has 3 aromatic rings. The fourth-order valence-corrected chi connectivity index (χ4v) is 7.02. The van der Waals surface area contributed by atoms with Crippen molar-refractivity contribution in [3.05, 3.63) is 63.7 Å². The molecule has 4 aliphatic rings. The fourth-order valence-electron chi connectivity index (χ4n) is 7.02. The lowest BCUT2D eigenvalue weighted by Gasteiger charge is -2.47. The normalized spacial score (nSPS) is 25.2. The molecular weight excluding hydrogens is 534 g/mol. The molecule has 0 radical (unpaired) electrons. The molecule has 9 heteroatoms. The number of nitrogens with zero attached hydrogens (tertiary/aromatic N) is 5. The number of piperidine rings is 1. The predicted octanol–water partition coefficient (Wildman–Crippen LogP) is 6.51. The van der Waals surface area contributed by atoms with Crippen molar-refractivity contribution in [2.75, 3.05) is 18.4 Å². The number of pyridine rings is 1. The Hall–Kier alpha value is -3.38. The van der Waals surface area contributed by atoms with Gasteiger partial charge in [-0.05, 0) is 83.2 Å². The maximum Gasteiger partial charge on any atom is 0.276 e. The molecule has 1 aromatic carbocycles. The maximum absolute atomic E-state index is 16.0. The average molecular weight is 575 g/mol.